The van der Waals surface area contributed by atoms with Gasteiger partial charge in [-0.15, -0.1) is 0 Å². The van der Waals surface area contributed by atoms with Gasteiger partial charge in [0.2, 0.25) is 5.91 Å². The number of ether oxygens (including phenoxy) is 1. The summed E-state index contributed by atoms with van der Waals surface area (Å²) < 4.78 is 20.7. The second-order valence-corrected chi connectivity index (χ2v) is 11.3. The van der Waals surface area contributed by atoms with Gasteiger partial charge in [-0.25, -0.2) is 9.37 Å². The van der Waals surface area contributed by atoms with Crippen LogP contribution in [0.3, 0.4) is 0 Å². The molecule has 1 saturated heterocycles. The van der Waals surface area contributed by atoms with Gasteiger partial charge in [-0.3, -0.25) is 24.8 Å². The number of nitrogens with zero attached hydrogens (tertiary/aromatic N) is 5. The van der Waals surface area contributed by atoms with Gasteiger partial charge in [-0.2, -0.15) is 5.10 Å². The van der Waals surface area contributed by atoms with Gasteiger partial charge in [0.1, 0.15) is 23.9 Å². The third-order valence-corrected chi connectivity index (χ3v) is 8.04. The Hall–Kier alpha value is -5.16. The van der Waals surface area contributed by atoms with Crippen LogP contribution < -0.4 is 10.1 Å². The minimum Gasteiger partial charge on any atom is -0.492 e. The van der Waals surface area contributed by atoms with Crippen molar-refractivity contribution in [3.63, 3.8) is 0 Å². The number of carbonyl (C=O) groups excluding carboxylic acids is 1. The Morgan fingerprint density at radius 2 is 1.93 bits per heavy atom. The Bertz CT molecular complexity index is 2000. The molecule has 1 aliphatic rings. The van der Waals surface area contributed by atoms with E-state index in [1.807, 2.05) is 43.3 Å². The number of rotatable bonds is 10. The number of hydrogen-bond acceptors (Lipinski definition) is 7. The van der Waals surface area contributed by atoms with Gasteiger partial charge in [-0.05, 0) is 68.2 Å². The first-order valence-electron chi connectivity index (χ1n) is 15.3. The van der Waals surface area contributed by atoms with E-state index in [2.05, 4.69) is 35.4 Å². The monoisotopic (exact) mass is 604 g/mol. The van der Waals surface area contributed by atoms with Gasteiger partial charge in [0, 0.05) is 41.7 Å². The van der Waals surface area contributed by atoms with Crippen molar-refractivity contribution in [3.8, 4) is 39.7 Å². The number of amides is 1. The van der Waals surface area contributed by atoms with E-state index >= 15 is 0 Å². The number of aromatic nitrogens is 6. The predicted octanol–water partition coefficient (Wildman–Crippen LogP) is 6.58. The average Bonchev–Trinajstić information content (AvgIpc) is 3.80. The molecule has 0 unspecified atom stereocenters. The fourth-order valence-corrected chi connectivity index (χ4v) is 5.83. The van der Waals surface area contributed by atoms with Gasteiger partial charge in [0.05, 0.1) is 40.3 Å². The highest BCUT2D eigenvalue weighted by molar-refractivity contribution is 5.98. The largest absolute Gasteiger partial charge is 0.492 e. The molecule has 4 aromatic heterocycles. The summed E-state index contributed by atoms with van der Waals surface area (Å²) in [6, 6.07) is 14.4. The van der Waals surface area contributed by atoms with E-state index < -0.39 is 0 Å². The van der Waals surface area contributed by atoms with Crippen molar-refractivity contribution in [3.05, 3.63) is 72.9 Å². The fraction of sp³-hybridized carbons (Fsp3) is 0.265. The summed E-state index contributed by atoms with van der Waals surface area (Å²) in [5.74, 6) is 0.649. The Morgan fingerprint density at radius 1 is 1.04 bits per heavy atom. The molecule has 10 nitrogen and oxygen atoms in total. The van der Waals surface area contributed by atoms with Gasteiger partial charge in [0.25, 0.3) is 0 Å². The summed E-state index contributed by atoms with van der Waals surface area (Å²) in [4.78, 5) is 31.7. The molecule has 11 heteroatoms. The number of benzene rings is 2. The molecule has 0 saturated carbocycles. The number of para-hydroxylation sites is 1. The molecule has 7 rings (SSSR count). The van der Waals surface area contributed by atoms with Gasteiger partial charge in [0.15, 0.2) is 5.82 Å². The molecule has 2 aromatic carbocycles. The van der Waals surface area contributed by atoms with Crippen LogP contribution in [-0.4, -0.2) is 67.2 Å². The van der Waals surface area contributed by atoms with Gasteiger partial charge >= 0.3 is 0 Å². The molecule has 6 aromatic rings. The normalized spacial score (nSPS) is 13.6. The summed E-state index contributed by atoms with van der Waals surface area (Å²) in [7, 11) is 0. The Labute approximate surface area is 259 Å². The number of imidazole rings is 1. The number of H-pyrrole nitrogens is 2. The first kappa shape index (κ1) is 28.6. The number of nitrogens with one attached hydrogen (secondary N) is 3. The maximum Gasteiger partial charge on any atom is 0.224 e. The number of likely N-dealkylation sites (tertiary alicyclic amines) is 1. The lowest BCUT2D eigenvalue weighted by atomic mass is 10.0. The standard InChI is InChI=1S/C34H33FN8O2/c1-2-6-31(44)38-24-14-22(18-36-19-24)29-17-27-30(20-37-29)41-42-33(27)34-39-28-8-5-7-26(32(28)40-34)21-13-23(35)16-25(15-21)45-12-11-43-9-3-4-10-43/h5,7-8,13-20H,2-4,6,9-12H2,1H3,(H,38,44)(H,39,40)(H,41,42). The molecular weight excluding hydrogens is 571 g/mol. The van der Waals surface area contributed by atoms with Crippen LogP contribution in [0.5, 0.6) is 5.75 Å². The molecule has 228 valence electrons. The molecule has 1 fully saturated rings. The predicted molar refractivity (Wildman–Crippen MR) is 172 cm³/mol. The van der Waals surface area contributed by atoms with E-state index in [1.165, 1.54) is 25.0 Å². The molecule has 0 radical (unpaired) electrons. The summed E-state index contributed by atoms with van der Waals surface area (Å²) in [5, 5.41) is 11.3. The first-order valence-corrected chi connectivity index (χ1v) is 15.3. The van der Waals surface area contributed by atoms with Gasteiger partial charge in [-0.1, -0.05) is 19.1 Å². The van der Waals surface area contributed by atoms with Crippen molar-refractivity contribution in [1.82, 2.24) is 35.0 Å². The third kappa shape index (κ3) is 6.12. The van der Waals surface area contributed by atoms with Crippen LogP contribution in [-0.2, 0) is 4.79 Å². The molecular formula is C34H33FN8O2. The van der Waals surface area contributed by atoms with Crippen molar-refractivity contribution in [2.24, 2.45) is 0 Å². The molecule has 0 atom stereocenters. The van der Waals surface area contributed by atoms with Crippen molar-refractivity contribution >= 4 is 33.5 Å². The van der Waals surface area contributed by atoms with Crippen LogP contribution in [0, 0.1) is 5.82 Å². The molecule has 0 spiro atoms. The lowest BCUT2D eigenvalue weighted by Gasteiger charge is -2.15. The van der Waals surface area contributed by atoms with Crippen LogP contribution in [0.2, 0.25) is 0 Å². The van der Waals surface area contributed by atoms with E-state index in [9.17, 15) is 9.18 Å². The lowest BCUT2D eigenvalue weighted by Crippen LogP contribution is -2.25. The van der Waals surface area contributed by atoms with Crippen molar-refractivity contribution < 1.29 is 13.9 Å². The summed E-state index contributed by atoms with van der Waals surface area (Å²) in [5.41, 5.74) is 6.40. The number of fused-ring (bicyclic) bond motifs is 2. The lowest BCUT2D eigenvalue weighted by molar-refractivity contribution is -0.116. The number of aromatic amines is 2. The zero-order valence-corrected chi connectivity index (χ0v) is 24.9. The quantitative estimate of drug-likeness (QED) is 0.161. The van der Waals surface area contributed by atoms with Crippen molar-refractivity contribution in [2.45, 2.75) is 32.6 Å². The maximum absolute atomic E-state index is 14.8. The van der Waals surface area contributed by atoms with Crippen LogP contribution in [0.25, 0.3) is 55.8 Å². The highest BCUT2D eigenvalue weighted by Gasteiger charge is 2.18. The Morgan fingerprint density at radius 3 is 2.80 bits per heavy atom. The smallest absolute Gasteiger partial charge is 0.224 e. The zero-order valence-electron chi connectivity index (χ0n) is 24.9. The topological polar surface area (TPSA) is 125 Å². The SMILES string of the molecule is CCCC(=O)Nc1cncc(-c2cc3c(-c4nc5c(-c6cc(F)cc(OCCN7CCCC7)c6)cccc5[nH]4)n[nH]c3cn2)c1. The molecule has 45 heavy (non-hydrogen) atoms. The van der Waals surface area contributed by atoms with Crippen LogP contribution in [0.4, 0.5) is 10.1 Å². The molecule has 1 amide bonds. The minimum atomic E-state index is -0.363. The Balaban J connectivity index is 1.19. The van der Waals surface area contributed by atoms with Crippen molar-refractivity contribution in [2.75, 3.05) is 31.6 Å². The summed E-state index contributed by atoms with van der Waals surface area (Å²) in [6.07, 6.45) is 8.69. The van der Waals surface area contributed by atoms with Crippen LogP contribution in [0.15, 0.2) is 67.1 Å². The van der Waals surface area contributed by atoms with E-state index in [4.69, 9.17) is 9.72 Å². The first-order chi connectivity index (χ1) is 22.0. The van der Waals surface area contributed by atoms with E-state index in [0.717, 1.165) is 53.6 Å². The zero-order chi connectivity index (χ0) is 30.8. The molecule has 5 heterocycles. The summed E-state index contributed by atoms with van der Waals surface area (Å²) >= 11 is 0. The summed E-state index contributed by atoms with van der Waals surface area (Å²) in [6.45, 7) is 5.48. The highest BCUT2D eigenvalue weighted by atomic mass is 19.1. The van der Waals surface area contributed by atoms with E-state index in [-0.39, 0.29) is 11.7 Å². The Kier molecular flexibility index (Phi) is 7.91. The number of halogens is 1. The number of carbonyl (C=O) groups is 1. The molecule has 0 aliphatic carbocycles. The molecule has 1 aliphatic heterocycles. The van der Waals surface area contributed by atoms with Crippen LogP contribution in [0.1, 0.15) is 32.6 Å². The molecule has 3 N–H and O–H groups in total. The fourth-order valence-electron chi connectivity index (χ4n) is 5.83. The highest BCUT2D eigenvalue weighted by Crippen LogP contribution is 2.34. The van der Waals surface area contributed by atoms with Crippen molar-refractivity contribution in [1.29, 1.82) is 0 Å². The number of pyridine rings is 2. The third-order valence-electron chi connectivity index (χ3n) is 8.04. The number of hydrogen-bond donors (Lipinski definition) is 3. The number of anilines is 1. The molecule has 0 bridgehead atoms. The minimum absolute atomic E-state index is 0.0549. The second kappa shape index (κ2) is 12.4. The van der Waals surface area contributed by atoms with Crippen LogP contribution >= 0.6 is 0 Å². The van der Waals surface area contributed by atoms with Gasteiger partial charge < -0.3 is 15.0 Å². The maximum atomic E-state index is 14.8. The van der Waals surface area contributed by atoms with E-state index in [0.29, 0.717) is 52.8 Å². The van der Waals surface area contributed by atoms with E-state index in [1.54, 1.807) is 18.6 Å². The second-order valence-electron chi connectivity index (χ2n) is 11.3. The average molecular weight is 605 g/mol.